The Morgan fingerprint density at radius 2 is 2.00 bits per heavy atom. The Balaban J connectivity index is 2.19. The van der Waals surface area contributed by atoms with Crippen LogP contribution >= 0.6 is 0 Å². The number of carbonyl (C=O) groups is 1. The zero-order valence-electron chi connectivity index (χ0n) is 12.9. The van der Waals surface area contributed by atoms with Crippen molar-refractivity contribution in [2.45, 2.75) is 45.7 Å². The fraction of sp³-hybridized carbons (Fsp3) is 0.588. The summed E-state index contributed by atoms with van der Waals surface area (Å²) >= 11 is 0. The number of ether oxygens (including phenoxy) is 1. The van der Waals surface area contributed by atoms with Crippen LogP contribution in [0.3, 0.4) is 0 Å². The lowest BCUT2D eigenvalue weighted by Crippen LogP contribution is -2.54. The molecule has 1 aromatic carbocycles. The minimum atomic E-state index is -0.561. The first kappa shape index (κ1) is 15.0. The topological polar surface area (TPSA) is 38.3 Å². The number of methoxy groups -OCH3 is 1. The van der Waals surface area contributed by atoms with Crippen molar-refractivity contribution in [1.29, 1.82) is 0 Å². The molecule has 110 valence electrons. The molecule has 1 saturated carbocycles. The zero-order valence-corrected chi connectivity index (χ0v) is 12.9. The third kappa shape index (κ3) is 2.88. The molecule has 0 aromatic heterocycles. The standard InChI is InChI=1S/C17H25NO2/c1-13-10-16(2,3)12-17(13,15(19)20-4)18-11-14-8-6-5-7-9-14/h5-9,13,18H,10-12H2,1-4H3. The van der Waals surface area contributed by atoms with Gasteiger partial charge in [0.05, 0.1) is 7.11 Å². The molecule has 1 aliphatic rings. The monoisotopic (exact) mass is 275 g/mol. The summed E-state index contributed by atoms with van der Waals surface area (Å²) in [6, 6.07) is 10.2. The van der Waals surface area contributed by atoms with E-state index in [0.717, 1.165) is 12.8 Å². The van der Waals surface area contributed by atoms with Crippen LogP contribution in [-0.2, 0) is 16.1 Å². The van der Waals surface area contributed by atoms with Crippen LogP contribution in [0.25, 0.3) is 0 Å². The van der Waals surface area contributed by atoms with Gasteiger partial charge in [0.25, 0.3) is 0 Å². The molecule has 0 amide bonds. The largest absolute Gasteiger partial charge is 0.468 e. The highest BCUT2D eigenvalue weighted by molar-refractivity contribution is 5.82. The smallest absolute Gasteiger partial charge is 0.326 e. The van der Waals surface area contributed by atoms with E-state index in [2.05, 4.69) is 38.2 Å². The number of rotatable bonds is 4. The number of nitrogens with one attached hydrogen (secondary N) is 1. The first-order valence-electron chi connectivity index (χ1n) is 7.27. The van der Waals surface area contributed by atoms with Gasteiger partial charge >= 0.3 is 5.97 Å². The van der Waals surface area contributed by atoms with Gasteiger partial charge in [-0.1, -0.05) is 51.1 Å². The van der Waals surface area contributed by atoms with Gasteiger partial charge in [-0.25, -0.2) is 0 Å². The predicted molar refractivity (Wildman–Crippen MR) is 80.2 cm³/mol. The third-order valence-electron chi connectivity index (χ3n) is 4.46. The molecule has 0 saturated heterocycles. The van der Waals surface area contributed by atoms with E-state index in [1.54, 1.807) is 0 Å². The molecule has 0 heterocycles. The molecule has 0 spiro atoms. The van der Waals surface area contributed by atoms with Crippen LogP contribution in [0.5, 0.6) is 0 Å². The van der Waals surface area contributed by atoms with Crippen molar-refractivity contribution in [3.63, 3.8) is 0 Å². The Morgan fingerprint density at radius 1 is 1.35 bits per heavy atom. The summed E-state index contributed by atoms with van der Waals surface area (Å²) < 4.78 is 5.09. The van der Waals surface area contributed by atoms with Gasteiger partial charge in [0.15, 0.2) is 0 Å². The second kappa shape index (κ2) is 5.57. The number of hydrogen-bond donors (Lipinski definition) is 1. The van der Waals surface area contributed by atoms with Crippen molar-refractivity contribution in [2.75, 3.05) is 7.11 Å². The Labute approximate surface area is 121 Å². The first-order valence-corrected chi connectivity index (χ1v) is 7.27. The number of carbonyl (C=O) groups excluding carboxylic acids is 1. The lowest BCUT2D eigenvalue weighted by Gasteiger charge is -2.32. The van der Waals surface area contributed by atoms with E-state index in [9.17, 15) is 4.79 Å². The number of esters is 1. The van der Waals surface area contributed by atoms with Crippen LogP contribution in [0.4, 0.5) is 0 Å². The Bertz CT molecular complexity index is 469. The molecular weight excluding hydrogens is 250 g/mol. The van der Waals surface area contributed by atoms with Crippen LogP contribution in [0.1, 0.15) is 39.2 Å². The number of benzene rings is 1. The van der Waals surface area contributed by atoms with Crippen LogP contribution in [0.15, 0.2) is 30.3 Å². The molecule has 2 atom stereocenters. The highest BCUT2D eigenvalue weighted by atomic mass is 16.5. The van der Waals surface area contributed by atoms with Crippen LogP contribution in [0.2, 0.25) is 0 Å². The summed E-state index contributed by atoms with van der Waals surface area (Å²) in [6.45, 7) is 7.27. The van der Waals surface area contributed by atoms with E-state index >= 15 is 0 Å². The first-order chi connectivity index (χ1) is 9.39. The SMILES string of the molecule is COC(=O)C1(NCc2ccccc2)CC(C)(C)CC1C. The van der Waals surface area contributed by atoms with Gasteiger partial charge in [-0.2, -0.15) is 0 Å². The Kier molecular flexibility index (Phi) is 4.19. The zero-order chi connectivity index (χ0) is 14.8. The molecule has 3 heteroatoms. The van der Waals surface area contributed by atoms with E-state index in [4.69, 9.17) is 4.74 Å². The summed E-state index contributed by atoms with van der Waals surface area (Å²) in [6.07, 6.45) is 1.85. The minimum Gasteiger partial charge on any atom is -0.468 e. The molecule has 1 aromatic rings. The molecular formula is C17H25NO2. The van der Waals surface area contributed by atoms with E-state index in [-0.39, 0.29) is 17.3 Å². The molecule has 0 bridgehead atoms. The quantitative estimate of drug-likeness (QED) is 0.858. The van der Waals surface area contributed by atoms with E-state index in [1.807, 2.05) is 18.2 Å². The maximum Gasteiger partial charge on any atom is 0.326 e. The van der Waals surface area contributed by atoms with Crippen LogP contribution in [-0.4, -0.2) is 18.6 Å². The predicted octanol–water partition coefficient (Wildman–Crippen LogP) is 3.14. The van der Waals surface area contributed by atoms with Crippen molar-refractivity contribution in [1.82, 2.24) is 5.32 Å². The summed E-state index contributed by atoms with van der Waals surface area (Å²) in [5.41, 5.74) is 0.790. The summed E-state index contributed by atoms with van der Waals surface area (Å²) in [5.74, 6) is 0.139. The summed E-state index contributed by atoms with van der Waals surface area (Å²) in [4.78, 5) is 12.4. The van der Waals surface area contributed by atoms with Gasteiger partial charge in [-0.3, -0.25) is 10.1 Å². The molecule has 3 nitrogen and oxygen atoms in total. The molecule has 1 aliphatic carbocycles. The van der Waals surface area contributed by atoms with Gasteiger partial charge in [0.2, 0.25) is 0 Å². The van der Waals surface area contributed by atoms with Crippen molar-refractivity contribution in [3.8, 4) is 0 Å². The second-order valence-electron chi connectivity index (χ2n) is 6.75. The minimum absolute atomic E-state index is 0.133. The summed E-state index contributed by atoms with van der Waals surface area (Å²) in [7, 11) is 1.48. The van der Waals surface area contributed by atoms with Crippen molar-refractivity contribution in [3.05, 3.63) is 35.9 Å². The molecule has 20 heavy (non-hydrogen) atoms. The van der Waals surface area contributed by atoms with Crippen LogP contribution < -0.4 is 5.32 Å². The molecule has 0 radical (unpaired) electrons. The molecule has 0 aliphatic heterocycles. The van der Waals surface area contributed by atoms with E-state index in [1.165, 1.54) is 12.7 Å². The molecule has 2 unspecified atom stereocenters. The van der Waals surface area contributed by atoms with Gasteiger partial charge in [0.1, 0.15) is 5.54 Å². The molecule has 1 N–H and O–H groups in total. The van der Waals surface area contributed by atoms with Gasteiger partial charge in [0, 0.05) is 6.54 Å². The molecule has 2 rings (SSSR count). The van der Waals surface area contributed by atoms with Crippen molar-refractivity contribution < 1.29 is 9.53 Å². The van der Waals surface area contributed by atoms with Crippen LogP contribution in [0, 0.1) is 11.3 Å². The summed E-state index contributed by atoms with van der Waals surface area (Å²) in [5, 5.41) is 3.49. The Morgan fingerprint density at radius 3 is 2.50 bits per heavy atom. The Hall–Kier alpha value is -1.35. The van der Waals surface area contributed by atoms with Crippen molar-refractivity contribution in [2.24, 2.45) is 11.3 Å². The molecule has 1 fully saturated rings. The lowest BCUT2D eigenvalue weighted by atomic mass is 9.86. The maximum atomic E-state index is 12.4. The van der Waals surface area contributed by atoms with Crippen molar-refractivity contribution >= 4 is 5.97 Å². The third-order valence-corrected chi connectivity index (χ3v) is 4.46. The van der Waals surface area contributed by atoms with Gasteiger partial charge < -0.3 is 4.74 Å². The van der Waals surface area contributed by atoms with Gasteiger partial charge in [-0.15, -0.1) is 0 Å². The highest BCUT2D eigenvalue weighted by Gasteiger charge is 2.54. The van der Waals surface area contributed by atoms with Gasteiger partial charge in [-0.05, 0) is 29.7 Å². The van der Waals surface area contributed by atoms with E-state index < -0.39 is 5.54 Å². The fourth-order valence-electron chi connectivity index (χ4n) is 3.62. The lowest BCUT2D eigenvalue weighted by molar-refractivity contribution is -0.150. The maximum absolute atomic E-state index is 12.4. The van der Waals surface area contributed by atoms with E-state index in [0.29, 0.717) is 6.54 Å². The average molecular weight is 275 g/mol. The second-order valence-corrected chi connectivity index (χ2v) is 6.75. The number of hydrogen-bond acceptors (Lipinski definition) is 3. The normalized spacial score (nSPS) is 28.3. The fourth-order valence-corrected chi connectivity index (χ4v) is 3.62. The average Bonchev–Trinajstić information content (AvgIpc) is 2.67. The highest BCUT2D eigenvalue weighted by Crippen LogP contribution is 2.48.